The van der Waals surface area contributed by atoms with Crippen molar-refractivity contribution in [2.24, 2.45) is 0 Å². The highest BCUT2D eigenvalue weighted by Gasteiger charge is 2.15. The first-order valence-electron chi connectivity index (χ1n) is 9.40. The fourth-order valence-electron chi connectivity index (χ4n) is 3.11. The van der Waals surface area contributed by atoms with Gasteiger partial charge in [0.05, 0.1) is 25.5 Å². The van der Waals surface area contributed by atoms with Gasteiger partial charge in [-0.25, -0.2) is 9.67 Å². The monoisotopic (exact) mass is 399 g/mol. The number of nitrogens with zero attached hydrogens (tertiary/aromatic N) is 3. The van der Waals surface area contributed by atoms with Gasteiger partial charge in [0.2, 0.25) is 0 Å². The Morgan fingerprint density at radius 1 is 0.833 bits per heavy atom. The highest BCUT2D eigenvalue weighted by Crippen LogP contribution is 2.30. The number of phenolic OH excluding ortho intramolecular Hbond substituents is 1. The van der Waals surface area contributed by atoms with Gasteiger partial charge < -0.3 is 14.6 Å². The molecular weight excluding hydrogens is 378 g/mol. The maximum absolute atomic E-state index is 10.3. The van der Waals surface area contributed by atoms with Crippen LogP contribution in [0.3, 0.4) is 0 Å². The van der Waals surface area contributed by atoms with Gasteiger partial charge >= 0.3 is 0 Å². The predicted octanol–water partition coefficient (Wildman–Crippen LogP) is 4.83. The SMILES string of the molecule is COc1ccc(/C=C/c2nc(-c3ccccc3O)n(-c3ccccc3)n2)cc1OC. The van der Waals surface area contributed by atoms with Crippen LogP contribution in [0.25, 0.3) is 29.2 Å². The molecule has 0 aliphatic carbocycles. The van der Waals surface area contributed by atoms with Crippen molar-refractivity contribution in [3.8, 4) is 34.3 Å². The zero-order valence-electron chi connectivity index (χ0n) is 16.7. The molecule has 4 aromatic rings. The molecule has 0 bridgehead atoms. The van der Waals surface area contributed by atoms with Gasteiger partial charge in [0.1, 0.15) is 5.75 Å². The Kier molecular flexibility index (Phi) is 5.48. The Labute approximate surface area is 174 Å². The lowest BCUT2D eigenvalue weighted by molar-refractivity contribution is 0.355. The van der Waals surface area contributed by atoms with E-state index in [-0.39, 0.29) is 5.75 Å². The second kappa shape index (κ2) is 8.53. The Hall–Kier alpha value is -4.06. The summed E-state index contributed by atoms with van der Waals surface area (Å²) in [5, 5.41) is 15.0. The topological polar surface area (TPSA) is 69.4 Å². The number of methoxy groups -OCH3 is 2. The molecule has 6 heteroatoms. The van der Waals surface area contributed by atoms with Crippen LogP contribution < -0.4 is 9.47 Å². The van der Waals surface area contributed by atoms with Crippen LogP contribution in [-0.2, 0) is 0 Å². The summed E-state index contributed by atoms with van der Waals surface area (Å²) in [7, 11) is 3.21. The lowest BCUT2D eigenvalue weighted by Gasteiger charge is -2.07. The van der Waals surface area contributed by atoms with Gasteiger partial charge in [-0.15, -0.1) is 5.10 Å². The van der Waals surface area contributed by atoms with Crippen molar-refractivity contribution >= 4 is 12.2 Å². The van der Waals surface area contributed by atoms with E-state index in [1.165, 1.54) is 0 Å². The average Bonchev–Trinajstić information content (AvgIpc) is 3.22. The Bertz CT molecular complexity index is 1180. The van der Waals surface area contributed by atoms with Crippen LogP contribution in [0.5, 0.6) is 17.2 Å². The molecule has 0 amide bonds. The largest absolute Gasteiger partial charge is 0.507 e. The highest BCUT2D eigenvalue weighted by molar-refractivity contribution is 5.71. The van der Waals surface area contributed by atoms with Crippen molar-refractivity contribution in [2.75, 3.05) is 14.2 Å². The normalized spacial score (nSPS) is 11.0. The number of rotatable bonds is 6. The lowest BCUT2D eigenvalue weighted by Crippen LogP contribution is -1.99. The number of aromatic nitrogens is 3. The van der Waals surface area contributed by atoms with E-state index in [1.807, 2.05) is 72.8 Å². The van der Waals surface area contributed by atoms with Gasteiger partial charge in [0.15, 0.2) is 23.1 Å². The zero-order chi connectivity index (χ0) is 20.9. The first kappa shape index (κ1) is 19.3. The summed E-state index contributed by atoms with van der Waals surface area (Å²) < 4.78 is 12.4. The van der Waals surface area contributed by atoms with Crippen LogP contribution in [0.2, 0.25) is 0 Å². The van der Waals surface area contributed by atoms with Gasteiger partial charge in [0, 0.05) is 0 Å². The van der Waals surface area contributed by atoms with Crippen LogP contribution in [0.4, 0.5) is 0 Å². The summed E-state index contributed by atoms with van der Waals surface area (Å²) >= 11 is 0. The number of aromatic hydroxyl groups is 1. The van der Waals surface area contributed by atoms with Crippen LogP contribution in [0, 0.1) is 0 Å². The standard InChI is InChI=1S/C24H21N3O3/c1-29-21-14-12-17(16-22(21)30-2)13-15-23-25-24(19-10-6-7-11-20(19)28)27(26-23)18-8-4-3-5-9-18/h3-16,28H,1-2H3/b15-13+. The molecule has 1 aromatic heterocycles. The van der Waals surface area contributed by atoms with Gasteiger partial charge in [-0.05, 0) is 48.0 Å². The van der Waals surface area contributed by atoms with Crippen LogP contribution in [0.15, 0.2) is 72.8 Å². The fourth-order valence-corrected chi connectivity index (χ4v) is 3.11. The Balaban J connectivity index is 1.75. The number of para-hydroxylation sites is 2. The first-order chi connectivity index (χ1) is 14.7. The molecule has 0 spiro atoms. The smallest absolute Gasteiger partial charge is 0.175 e. The van der Waals surface area contributed by atoms with E-state index in [1.54, 1.807) is 31.0 Å². The van der Waals surface area contributed by atoms with E-state index < -0.39 is 0 Å². The zero-order valence-corrected chi connectivity index (χ0v) is 16.7. The minimum Gasteiger partial charge on any atom is -0.507 e. The van der Waals surface area contributed by atoms with Gasteiger partial charge in [-0.1, -0.05) is 42.5 Å². The second-order valence-electron chi connectivity index (χ2n) is 6.51. The van der Waals surface area contributed by atoms with Crippen LogP contribution in [0.1, 0.15) is 11.4 Å². The molecule has 0 aliphatic rings. The average molecular weight is 399 g/mol. The van der Waals surface area contributed by atoms with E-state index >= 15 is 0 Å². The minimum atomic E-state index is 0.150. The predicted molar refractivity (Wildman–Crippen MR) is 117 cm³/mol. The quantitative estimate of drug-likeness (QED) is 0.503. The third kappa shape index (κ3) is 3.89. The minimum absolute atomic E-state index is 0.150. The summed E-state index contributed by atoms with van der Waals surface area (Å²) in [6, 6.07) is 22.5. The van der Waals surface area contributed by atoms with E-state index in [4.69, 9.17) is 9.47 Å². The van der Waals surface area contributed by atoms with Crippen molar-refractivity contribution in [3.05, 3.63) is 84.2 Å². The maximum atomic E-state index is 10.3. The van der Waals surface area contributed by atoms with Crippen molar-refractivity contribution in [1.82, 2.24) is 14.8 Å². The van der Waals surface area contributed by atoms with Gasteiger partial charge in [-0.2, -0.15) is 0 Å². The van der Waals surface area contributed by atoms with Gasteiger partial charge in [0.25, 0.3) is 0 Å². The summed E-state index contributed by atoms with van der Waals surface area (Å²) in [6.45, 7) is 0. The molecular formula is C24H21N3O3. The molecule has 0 fully saturated rings. The van der Waals surface area contributed by atoms with Crippen LogP contribution >= 0.6 is 0 Å². The molecule has 1 N–H and O–H groups in total. The summed E-state index contributed by atoms with van der Waals surface area (Å²) in [5.41, 5.74) is 2.39. The van der Waals surface area contributed by atoms with E-state index in [0.29, 0.717) is 28.7 Å². The molecule has 30 heavy (non-hydrogen) atoms. The first-order valence-corrected chi connectivity index (χ1v) is 9.40. The highest BCUT2D eigenvalue weighted by atomic mass is 16.5. The van der Waals surface area contributed by atoms with Crippen LogP contribution in [-0.4, -0.2) is 34.1 Å². The Morgan fingerprint density at radius 3 is 2.30 bits per heavy atom. The third-order valence-corrected chi connectivity index (χ3v) is 4.60. The molecule has 150 valence electrons. The molecule has 0 saturated heterocycles. The molecule has 3 aromatic carbocycles. The number of ether oxygens (including phenoxy) is 2. The van der Waals surface area contributed by atoms with E-state index in [0.717, 1.165) is 11.3 Å². The fraction of sp³-hybridized carbons (Fsp3) is 0.0833. The summed E-state index contributed by atoms with van der Waals surface area (Å²) in [6.07, 6.45) is 3.73. The van der Waals surface area contributed by atoms with Gasteiger partial charge in [-0.3, -0.25) is 0 Å². The van der Waals surface area contributed by atoms with E-state index in [9.17, 15) is 5.11 Å². The van der Waals surface area contributed by atoms with Crippen molar-refractivity contribution in [3.63, 3.8) is 0 Å². The second-order valence-corrected chi connectivity index (χ2v) is 6.51. The Morgan fingerprint density at radius 2 is 1.57 bits per heavy atom. The molecule has 4 rings (SSSR count). The molecule has 0 aliphatic heterocycles. The summed E-state index contributed by atoms with van der Waals surface area (Å²) in [4.78, 5) is 4.66. The lowest BCUT2D eigenvalue weighted by atomic mass is 10.2. The van der Waals surface area contributed by atoms with Crippen molar-refractivity contribution in [2.45, 2.75) is 0 Å². The summed E-state index contributed by atoms with van der Waals surface area (Å²) in [5.74, 6) is 2.55. The molecule has 0 unspecified atom stereocenters. The molecule has 0 saturated carbocycles. The number of phenols is 1. The van der Waals surface area contributed by atoms with E-state index in [2.05, 4.69) is 10.1 Å². The number of hydrogen-bond acceptors (Lipinski definition) is 5. The molecule has 6 nitrogen and oxygen atoms in total. The molecule has 0 radical (unpaired) electrons. The maximum Gasteiger partial charge on any atom is 0.175 e. The molecule has 0 atom stereocenters. The number of benzene rings is 3. The third-order valence-electron chi connectivity index (χ3n) is 4.60. The number of hydrogen-bond donors (Lipinski definition) is 1. The van der Waals surface area contributed by atoms with Crippen molar-refractivity contribution in [1.29, 1.82) is 0 Å². The molecule has 1 heterocycles. The van der Waals surface area contributed by atoms with Crippen molar-refractivity contribution < 1.29 is 14.6 Å².